The van der Waals surface area contributed by atoms with Crippen molar-refractivity contribution in [2.75, 3.05) is 22.1 Å². The van der Waals surface area contributed by atoms with Crippen LogP contribution in [0.25, 0.3) is 0 Å². The molecule has 1 N–H and O–H groups in total. The van der Waals surface area contributed by atoms with Gasteiger partial charge in [0.15, 0.2) is 11.6 Å². The van der Waals surface area contributed by atoms with Crippen LogP contribution < -0.4 is 15.1 Å². The quantitative estimate of drug-likeness (QED) is 0.608. The lowest BCUT2D eigenvalue weighted by Crippen LogP contribution is -2.51. The molecule has 9 heteroatoms. The molecule has 5 rings (SSSR count). The fourth-order valence-corrected chi connectivity index (χ4v) is 5.69. The summed E-state index contributed by atoms with van der Waals surface area (Å²) in [6.45, 7) is 0.0630. The van der Waals surface area contributed by atoms with Crippen LogP contribution in [0.1, 0.15) is 11.1 Å². The molecular weight excluding hydrogens is 460 g/mol. The van der Waals surface area contributed by atoms with Crippen LogP contribution in [0.2, 0.25) is 0 Å². The first-order chi connectivity index (χ1) is 16.4. The fraction of sp³-hybridized carbons (Fsp3) is 0.160. The molecule has 34 heavy (non-hydrogen) atoms. The second-order valence-corrected chi connectivity index (χ2v) is 9.10. The number of hydrogen-bond acceptors (Lipinski definition) is 4. The van der Waals surface area contributed by atoms with Crippen LogP contribution in [-0.2, 0) is 25.8 Å². The molecule has 1 atom stereocenters. The lowest BCUT2D eigenvalue weighted by atomic mass is 10.0. The highest BCUT2D eigenvalue weighted by molar-refractivity contribution is 8.02. The summed E-state index contributed by atoms with van der Waals surface area (Å²) in [5.74, 6) is -3.44. The molecule has 1 saturated heterocycles. The Morgan fingerprint density at radius 1 is 0.971 bits per heavy atom. The van der Waals surface area contributed by atoms with Gasteiger partial charge in [0, 0.05) is 23.9 Å². The number of carbonyl (C=O) groups is 3. The van der Waals surface area contributed by atoms with E-state index >= 15 is 0 Å². The van der Waals surface area contributed by atoms with Crippen molar-refractivity contribution < 1.29 is 23.2 Å². The summed E-state index contributed by atoms with van der Waals surface area (Å²) in [7, 11) is 0. The Morgan fingerprint density at radius 3 is 2.47 bits per heavy atom. The van der Waals surface area contributed by atoms with Crippen molar-refractivity contribution >= 4 is 40.9 Å². The summed E-state index contributed by atoms with van der Waals surface area (Å²) in [6.07, 6.45) is 0. The number of carbonyl (C=O) groups excluding carboxylic acids is 3. The van der Waals surface area contributed by atoms with Crippen molar-refractivity contribution in [2.45, 2.75) is 11.4 Å². The molecule has 1 unspecified atom stereocenters. The van der Waals surface area contributed by atoms with Crippen molar-refractivity contribution in [1.29, 1.82) is 0 Å². The van der Waals surface area contributed by atoms with Gasteiger partial charge in [-0.25, -0.2) is 8.78 Å². The third kappa shape index (κ3) is 3.52. The average molecular weight is 480 g/mol. The summed E-state index contributed by atoms with van der Waals surface area (Å²) in [5, 5.41) is 2.81. The zero-order chi connectivity index (χ0) is 23.9. The smallest absolute Gasteiger partial charge is 0.269 e. The summed E-state index contributed by atoms with van der Waals surface area (Å²) >= 11 is 1.10. The number of thioether (sulfide) groups is 1. The molecule has 6 nitrogen and oxygen atoms in total. The maximum Gasteiger partial charge on any atom is 0.269 e. The van der Waals surface area contributed by atoms with Crippen LogP contribution in [0.3, 0.4) is 0 Å². The summed E-state index contributed by atoms with van der Waals surface area (Å²) in [4.78, 5) is 40.6. The number of nitrogens with zero attached hydrogens (tertiary/aromatic N) is 2. The molecule has 3 aromatic rings. The normalized spacial score (nSPS) is 19.1. The Labute approximate surface area is 198 Å². The minimum absolute atomic E-state index is 0.0207. The van der Waals surface area contributed by atoms with E-state index in [0.717, 1.165) is 29.5 Å². The van der Waals surface area contributed by atoms with E-state index in [1.165, 1.54) is 15.9 Å². The van der Waals surface area contributed by atoms with Crippen LogP contribution in [0.15, 0.2) is 72.8 Å². The van der Waals surface area contributed by atoms with Gasteiger partial charge in [0.2, 0.25) is 16.7 Å². The predicted molar refractivity (Wildman–Crippen MR) is 125 cm³/mol. The maximum absolute atomic E-state index is 14.0. The van der Waals surface area contributed by atoms with Crippen molar-refractivity contribution in [1.82, 2.24) is 5.32 Å². The number of rotatable bonds is 5. The van der Waals surface area contributed by atoms with E-state index in [1.54, 1.807) is 24.3 Å². The lowest BCUT2D eigenvalue weighted by Gasteiger charge is -2.33. The number of nitrogens with one attached hydrogen (secondary N) is 1. The molecule has 1 fully saturated rings. The maximum atomic E-state index is 14.0. The predicted octanol–water partition coefficient (Wildman–Crippen LogP) is 3.56. The molecule has 0 radical (unpaired) electrons. The zero-order valence-electron chi connectivity index (χ0n) is 17.8. The first-order valence-corrected chi connectivity index (χ1v) is 11.5. The molecule has 0 saturated carbocycles. The van der Waals surface area contributed by atoms with Gasteiger partial charge in [-0.3, -0.25) is 24.2 Å². The van der Waals surface area contributed by atoms with E-state index in [9.17, 15) is 23.2 Å². The van der Waals surface area contributed by atoms with Gasteiger partial charge >= 0.3 is 0 Å². The number of para-hydroxylation sites is 1. The summed E-state index contributed by atoms with van der Waals surface area (Å²) < 4.78 is 27.6. The molecular formula is C25H19F2N3O3S. The van der Waals surface area contributed by atoms with E-state index < -0.39 is 28.3 Å². The van der Waals surface area contributed by atoms with Crippen molar-refractivity contribution in [3.05, 3.63) is 95.6 Å². The summed E-state index contributed by atoms with van der Waals surface area (Å²) in [6, 6.07) is 19.4. The summed E-state index contributed by atoms with van der Waals surface area (Å²) in [5.41, 5.74) is 2.02. The molecule has 172 valence electrons. The molecule has 3 amide bonds. The Kier molecular flexibility index (Phi) is 5.57. The SMILES string of the molecule is O=C(CN1C(=O)C2(SCC(=O)N2c2ccc(F)c(F)c2)c2ccccc21)NCc1ccccc1. The van der Waals surface area contributed by atoms with Gasteiger partial charge in [0.25, 0.3) is 5.91 Å². The van der Waals surface area contributed by atoms with Crippen LogP contribution in [0.5, 0.6) is 0 Å². The zero-order valence-corrected chi connectivity index (χ0v) is 18.6. The number of amides is 3. The first-order valence-electron chi connectivity index (χ1n) is 10.6. The van der Waals surface area contributed by atoms with E-state index in [0.29, 0.717) is 17.8 Å². The molecule has 0 bridgehead atoms. The van der Waals surface area contributed by atoms with Gasteiger partial charge in [-0.05, 0) is 23.8 Å². The van der Waals surface area contributed by atoms with Crippen LogP contribution >= 0.6 is 11.8 Å². The number of hydrogen-bond donors (Lipinski definition) is 1. The minimum Gasteiger partial charge on any atom is -0.350 e. The monoisotopic (exact) mass is 479 g/mol. The van der Waals surface area contributed by atoms with Gasteiger partial charge in [0.05, 0.1) is 11.4 Å². The van der Waals surface area contributed by atoms with Crippen LogP contribution in [0, 0.1) is 11.6 Å². The minimum atomic E-state index is -1.50. The molecule has 3 aromatic carbocycles. The molecule has 2 aliphatic rings. The Morgan fingerprint density at radius 2 is 1.71 bits per heavy atom. The van der Waals surface area contributed by atoms with Gasteiger partial charge < -0.3 is 5.32 Å². The highest BCUT2D eigenvalue weighted by atomic mass is 32.2. The second kappa shape index (κ2) is 8.57. The van der Waals surface area contributed by atoms with Crippen LogP contribution in [-0.4, -0.2) is 30.0 Å². The van der Waals surface area contributed by atoms with Crippen molar-refractivity contribution in [3.63, 3.8) is 0 Å². The standard InChI is InChI=1S/C25H19F2N3O3S/c26-19-11-10-17(12-20(19)27)30-23(32)15-34-25(30)18-8-4-5-9-21(18)29(24(25)33)14-22(31)28-13-16-6-2-1-3-7-16/h1-12H,13-15H2,(H,28,31). The number of anilines is 2. The third-order valence-electron chi connectivity index (χ3n) is 5.86. The topological polar surface area (TPSA) is 69.7 Å². The Bertz CT molecular complexity index is 1300. The lowest BCUT2D eigenvalue weighted by molar-refractivity contribution is -0.125. The molecule has 2 heterocycles. The average Bonchev–Trinajstić information content (AvgIpc) is 3.31. The third-order valence-corrected chi connectivity index (χ3v) is 7.25. The van der Waals surface area contributed by atoms with Gasteiger partial charge in [-0.2, -0.15) is 0 Å². The van der Waals surface area contributed by atoms with E-state index in [4.69, 9.17) is 0 Å². The number of fused-ring (bicyclic) bond motifs is 2. The molecule has 2 aliphatic heterocycles. The first kappa shape index (κ1) is 22.1. The van der Waals surface area contributed by atoms with Gasteiger partial charge in [-0.15, -0.1) is 11.8 Å². The Hall–Kier alpha value is -3.72. The molecule has 1 spiro atoms. The fourth-order valence-electron chi connectivity index (χ4n) is 4.33. The van der Waals surface area contributed by atoms with E-state index in [2.05, 4.69) is 5.32 Å². The van der Waals surface area contributed by atoms with Crippen molar-refractivity contribution in [2.24, 2.45) is 0 Å². The van der Waals surface area contributed by atoms with Gasteiger partial charge in [-0.1, -0.05) is 48.5 Å². The highest BCUT2D eigenvalue weighted by Crippen LogP contribution is 2.55. The highest BCUT2D eigenvalue weighted by Gasteiger charge is 2.61. The second-order valence-electron chi connectivity index (χ2n) is 7.93. The van der Waals surface area contributed by atoms with Crippen molar-refractivity contribution in [3.8, 4) is 0 Å². The number of halogens is 2. The largest absolute Gasteiger partial charge is 0.350 e. The molecule has 0 aliphatic carbocycles. The molecule has 0 aromatic heterocycles. The van der Waals surface area contributed by atoms with E-state index in [-0.39, 0.29) is 23.9 Å². The number of benzene rings is 3. The van der Waals surface area contributed by atoms with E-state index in [1.807, 2.05) is 30.3 Å². The van der Waals surface area contributed by atoms with Crippen LogP contribution in [0.4, 0.5) is 20.2 Å². The van der Waals surface area contributed by atoms with Gasteiger partial charge in [0.1, 0.15) is 6.54 Å². The Balaban J connectivity index is 1.48.